The average Bonchev–Trinajstić information content (AvgIpc) is 3.21. The molecule has 0 bridgehead atoms. The molecule has 1 spiro atoms. The maximum Gasteiger partial charge on any atom is 0.230 e. The van der Waals surface area contributed by atoms with Gasteiger partial charge in [0.25, 0.3) is 0 Å². The van der Waals surface area contributed by atoms with Gasteiger partial charge in [-0.1, -0.05) is 30.3 Å². The first-order chi connectivity index (χ1) is 11.8. The number of anilines is 1. The minimum atomic E-state index is -0.214. The molecule has 0 radical (unpaired) electrons. The standard InChI is InChI=1S/C19H22N4O/c24-18-19(8-13-23(15-19)17-14-20-9-10-21-17)7-12-22(18)11-6-16-4-2-1-3-5-16/h1-5,9-10,14H,6-8,11-13,15H2. The molecule has 2 saturated heterocycles. The van der Waals surface area contributed by atoms with Crippen molar-refractivity contribution in [3.05, 3.63) is 54.5 Å². The number of carbonyl (C=O) groups excluding carboxylic acids is 1. The molecule has 0 aliphatic carbocycles. The molecule has 0 N–H and O–H groups in total. The fourth-order valence-electron chi connectivity index (χ4n) is 3.92. The van der Waals surface area contributed by atoms with Crippen LogP contribution in [0, 0.1) is 5.41 Å². The lowest BCUT2D eigenvalue weighted by Crippen LogP contribution is -2.37. The number of hydrogen-bond donors (Lipinski definition) is 0. The number of hydrogen-bond acceptors (Lipinski definition) is 4. The summed E-state index contributed by atoms with van der Waals surface area (Å²) in [5.74, 6) is 1.20. The van der Waals surface area contributed by atoms with Crippen LogP contribution < -0.4 is 4.90 Å². The second-order valence-electron chi connectivity index (χ2n) is 6.79. The Morgan fingerprint density at radius 3 is 2.71 bits per heavy atom. The number of rotatable bonds is 4. The van der Waals surface area contributed by atoms with Crippen LogP contribution in [0.25, 0.3) is 0 Å². The van der Waals surface area contributed by atoms with Gasteiger partial charge in [0.15, 0.2) is 0 Å². The van der Waals surface area contributed by atoms with Crippen LogP contribution in [0.4, 0.5) is 5.82 Å². The van der Waals surface area contributed by atoms with Gasteiger partial charge in [-0.05, 0) is 24.8 Å². The zero-order chi connectivity index (χ0) is 16.4. The molecule has 3 heterocycles. The van der Waals surface area contributed by atoms with E-state index in [2.05, 4.69) is 39.1 Å². The van der Waals surface area contributed by atoms with Crippen LogP contribution in [-0.4, -0.2) is 47.0 Å². The van der Waals surface area contributed by atoms with E-state index in [1.807, 2.05) is 11.0 Å². The minimum absolute atomic E-state index is 0.214. The number of benzene rings is 1. The van der Waals surface area contributed by atoms with Crippen LogP contribution in [0.15, 0.2) is 48.9 Å². The molecule has 1 aromatic heterocycles. The Balaban J connectivity index is 1.40. The number of amides is 1. The van der Waals surface area contributed by atoms with Crippen LogP contribution in [0.2, 0.25) is 0 Å². The third kappa shape index (κ3) is 2.75. The van der Waals surface area contributed by atoms with Crippen molar-refractivity contribution in [3.63, 3.8) is 0 Å². The molecule has 1 atom stereocenters. The zero-order valence-corrected chi connectivity index (χ0v) is 13.8. The zero-order valence-electron chi connectivity index (χ0n) is 13.8. The Bertz CT molecular complexity index is 706. The topological polar surface area (TPSA) is 49.3 Å². The molecule has 2 aromatic rings. The van der Waals surface area contributed by atoms with E-state index >= 15 is 0 Å². The molecule has 2 fully saturated rings. The van der Waals surface area contributed by atoms with E-state index in [9.17, 15) is 4.79 Å². The van der Waals surface area contributed by atoms with E-state index in [0.29, 0.717) is 5.91 Å². The van der Waals surface area contributed by atoms with Gasteiger partial charge >= 0.3 is 0 Å². The van der Waals surface area contributed by atoms with Crippen molar-refractivity contribution in [2.75, 3.05) is 31.1 Å². The molecule has 5 heteroatoms. The van der Waals surface area contributed by atoms with Gasteiger partial charge in [-0.3, -0.25) is 9.78 Å². The summed E-state index contributed by atoms with van der Waals surface area (Å²) in [5, 5.41) is 0. The molecular weight excluding hydrogens is 300 g/mol. The fourth-order valence-corrected chi connectivity index (χ4v) is 3.92. The third-order valence-electron chi connectivity index (χ3n) is 5.34. The highest BCUT2D eigenvalue weighted by Crippen LogP contribution is 2.41. The van der Waals surface area contributed by atoms with Crippen molar-refractivity contribution < 1.29 is 4.79 Å². The molecule has 124 valence electrons. The lowest BCUT2D eigenvalue weighted by molar-refractivity contribution is -0.135. The van der Waals surface area contributed by atoms with Crippen molar-refractivity contribution in [2.24, 2.45) is 5.41 Å². The van der Waals surface area contributed by atoms with E-state index in [1.54, 1.807) is 18.6 Å². The van der Waals surface area contributed by atoms with E-state index in [1.165, 1.54) is 5.56 Å². The molecule has 5 nitrogen and oxygen atoms in total. The molecule has 4 rings (SSSR count). The summed E-state index contributed by atoms with van der Waals surface area (Å²) in [6.07, 6.45) is 7.98. The summed E-state index contributed by atoms with van der Waals surface area (Å²) in [4.78, 5) is 25.8. The summed E-state index contributed by atoms with van der Waals surface area (Å²) >= 11 is 0. The number of nitrogens with zero attached hydrogens (tertiary/aromatic N) is 4. The van der Waals surface area contributed by atoms with E-state index in [0.717, 1.165) is 51.3 Å². The Labute approximate surface area is 142 Å². The Morgan fingerprint density at radius 1 is 1.08 bits per heavy atom. The summed E-state index contributed by atoms with van der Waals surface area (Å²) in [6, 6.07) is 10.4. The predicted molar refractivity (Wildman–Crippen MR) is 92.6 cm³/mol. The molecular formula is C19H22N4O. The maximum absolute atomic E-state index is 13.0. The molecule has 1 aromatic carbocycles. The van der Waals surface area contributed by atoms with Gasteiger partial charge in [-0.15, -0.1) is 0 Å². The Hall–Kier alpha value is -2.43. The van der Waals surface area contributed by atoms with Gasteiger partial charge in [0.2, 0.25) is 5.91 Å². The highest BCUT2D eigenvalue weighted by molar-refractivity contribution is 5.86. The summed E-state index contributed by atoms with van der Waals surface area (Å²) < 4.78 is 0. The predicted octanol–water partition coefficient (Wildman–Crippen LogP) is 2.15. The van der Waals surface area contributed by atoms with Crippen molar-refractivity contribution in [2.45, 2.75) is 19.3 Å². The monoisotopic (exact) mass is 322 g/mol. The summed E-state index contributed by atoms with van der Waals surface area (Å²) in [5.41, 5.74) is 1.08. The second kappa shape index (κ2) is 6.23. The average molecular weight is 322 g/mol. The van der Waals surface area contributed by atoms with Gasteiger partial charge in [-0.25, -0.2) is 4.98 Å². The van der Waals surface area contributed by atoms with E-state index in [-0.39, 0.29) is 5.41 Å². The van der Waals surface area contributed by atoms with Crippen molar-refractivity contribution in [1.29, 1.82) is 0 Å². The van der Waals surface area contributed by atoms with Crippen LogP contribution in [0.1, 0.15) is 18.4 Å². The SMILES string of the molecule is O=C1N(CCc2ccccc2)CCC12CCN(c1cnccn1)C2. The number of likely N-dealkylation sites (tertiary alicyclic amines) is 1. The minimum Gasteiger partial charge on any atom is -0.354 e. The van der Waals surface area contributed by atoms with Crippen LogP contribution in [-0.2, 0) is 11.2 Å². The first-order valence-electron chi connectivity index (χ1n) is 8.61. The highest BCUT2D eigenvalue weighted by atomic mass is 16.2. The van der Waals surface area contributed by atoms with Crippen LogP contribution in [0.3, 0.4) is 0 Å². The largest absolute Gasteiger partial charge is 0.354 e. The van der Waals surface area contributed by atoms with Crippen LogP contribution in [0.5, 0.6) is 0 Å². The fraction of sp³-hybridized carbons (Fsp3) is 0.421. The maximum atomic E-state index is 13.0. The smallest absolute Gasteiger partial charge is 0.230 e. The number of carbonyl (C=O) groups is 1. The van der Waals surface area contributed by atoms with Gasteiger partial charge < -0.3 is 9.80 Å². The van der Waals surface area contributed by atoms with Crippen molar-refractivity contribution in [1.82, 2.24) is 14.9 Å². The lowest BCUT2D eigenvalue weighted by atomic mass is 9.85. The van der Waals surface area contributed by atoms with Gasteiger partial charge in [0.05, 0.1) is 11.6 Å². The molecule has 0 saturated carbocycles. The molecule has 24 heavy (non-hydrogen) atoms. The van der Waals surface area contributed by atoms with E-state index in [4.69, 9.17) is 0 Å². The van der Waals surface area contributed by atoms with Crippen molar-refractivity contribution >= 4 is 11.7 Å². The van der Waals surface area contributed by atoms with Gasteiger partial charge in [0.1, 0.15) is 5.82 Å². The summed E-state index contributed by atoms with van der Waals surface area (Å²) in [6.45, 7) is 3.35. The van der Waals surface area contributed by atoms with E-state index < -0.39 is 0 Å². The first kappa shape index (κ1) is 15.1. The van der Waals surface area contributed by atoms with Gasteiger partial charge in [-0.2, -0.15) is 0 Å². The Morgan fingerprint density at radius 2 is 1.92 bits per heavy atom. The third-order valence-corrected chi connectivity index (χ3v) is 5.34. The molecule has 2 aliphatic heterocycles. The van der Waals surface area contributed by atoms with Gasteiger partial charge in [0, 0.05) is 38.6 Å². The summed E-state index contributed by atoms with van der Waals surface area (Å²) in [7, 11) is 0. The Kier molecular flexibility index (Phi) is 3.92. The second-order valence-corrected chi connectivity index (χ2v) is 6.79. The molecule has 1 amide bonds. The van der Waals surface area contributed by atoms with Crippen LogP contribution >= 0.6 is 0 Å². The molecule has 1 unspecified atom stereocenters. The quantitative estimate of drug-likeness (QED) is 0.865. The molecule has 2 aliphatic rings. The lowest BCUT2D eigenvalue weighted by Gasteiger charge is -2.24. The normalized spacial score (nSPS) is 23.4. The first-order valence-corrected chi connectivity index (χ1v) is 8.61. The van der Waals surface area contributed by atoms with Crippen molar-refractivity contribution in [3.8, 4) is 0 Å². The number of aromatic nitrogens is 2. The highest BCUT2D eigenvalue weighted by Gasteiger charge is 2.50.